The number of anilines is 1. The van der Waals surface area contributed by atoms with Crippen molar-refractivity contribution in [2.45, 2.75) is 0 Å². The standard InChI is InChI=1S/C9H11NO2S/c1-10(9(11)12-7-13)8-5-3-2-4-6-8/h2-6,13H,7H2,1H3. The van der Waals surface area contributed by atoms with Crippen molar-refractivity contribution >= 4 is 24.4 Å². The molecule has 0 saturated carbocycles. The van der Waals surface area contributed by atoms with Gasteiger partial charge in [0.2, 0.25) is 0 Å². The number of amides is 1. The monoisotopic (exact) mass is 197 g/mol. The molecule has 0 unspecified atom stereocenters. The van der Waals surface area contributed by atoms with Crippen molar-refractivity contribution in [3.8, 4) is 0 Å². The van der Waals surface area contributed by atoms with Crippen LogP contribution in [0.15, 0.2) is 30.3 Å². The van der Waals surface area contributed by atoms with Crippen LogP contribution in [0.4, 0.5) is 10.5 Å². The maximum Gasteiger partial charge on any atom is 0.414 e. The minimum atomic E-state index is -0.402. The van der Waals surface area contributed by atoms with Crippen molar-refractivity contribution < 1.29 is 9.53 Å². The average molecular weight is 197 g/mol. The first kappa shape index (κ1) is 9.92. The fraction of sp³-hybridized carbons (Fsp3) is 0.222. The molecule has 0 aliphatic heterocycles. The highest BCUT2D eigenvalue weighted by Gasteiger charge is 2.09. The third-order valence-corrected chi connectivity index (χ3v) is 1.73. The van der Waals surface area contributed by atoms with E-state index in [-0.39, 0.29) is 5.94 Å². The SMILES string of the molecule is CN(C(=O)OCS)c1ccccc1. The first-order valence-electron chi connectivity index (χ1n) is 3.82. The van der Waals surface area contributed by atoms with Gasteiger partial charge < -0.3 is 4.74 Å². The van der Waals surface area contributed by atoms with E-state index in [1.54, 1.807) is 7.05 Å². The molecule has 3 nitrogen and oxygen atoms in total. The number of hydrogen-bond acceptors (Lipinski definition) is 3. The van der Waals surface area contributed by atoms with Gasteiger partial charge in [-0.3, -0.25) is 4.90 Å². The second kappa shape index (κ2) is 4.77. The molecule has 0 radical (unpaired) electrons. The summed E-state index contributed by atoms with van der Waals surface area (Å²) in [6.45, 7) is 0. The predicted molar refractivity (Wildman–Crippen MR) is 55.2 cm³/mol. The molecule has 0 fully saturated rings. The Hall–Kier alpha value is -1.16. The number of carbonyl (C=O) groups is 1. The van der Waals surface area contributed by atoms with Crippen LogP contribution >= 0.6 is 12.6 Å². The Balaban J connectivity index is 2.68. The van der Waals surface area contributed by atoms with Gasteiger partial charge in [-0.25, -0.2) is 4.79 Å². The Kier molecular flexibility index (Phi) is 3.64. The Morgan fingerprint density at radius 2 is 2.08 bits per heavy atom. The topological polar surface area (TPSA) is 29.5 Å². The Labute approximate surface area is 82.7 Å². The molecule has 13 heavy (non-hydrogen) atoms. The van der Waals surface area contributed by atoms with Crippen LogP contribution < -0.4 is 4.90 Å². The van der Waals surface area contributed by atoms with E-state index in [9.17, 15) is 4.79 Å². The van der Waals surface area contributed by atoms with Gasteiger partial charge in [-0.2, -0.15) is 0 Å². The molecule has 0 N–H and O–H groups in total. The summed E-state index contributed by atoms with van der Waals surface area (Å²) >= 11 is 3.80. The summed E-state index contributed by atoms with van der Waals surface area (Å²) in [5, 5.41) is 0. The van der Waals surface area contributed by atoms with Crippen LogP contribution in [-0.2, 0) is 4.74 Å². The highest BCUT2D eigenvalue weighted by Crippen LogP contribution is 2.11. The number of rotatable bonds is 2. The number of para-hydroxylation sites is 1. The number of hydrogen-bond donors (Lipinski definition) is 1. The molecule has 0 aromatic heterocycles. The molecular weight excluding hydrogens is 186 g/mol. The maximum absolute atomic E-state index is 11.2. The van der Waals surface area contributed by atoms with Crippen molar-refractivity contribution in [3.63, 3.8) is 0 Å². The van der Waals surface area contributed by atoms with Crippen LogP contribution in [-0.4, -0.2) is 19.1 Å². The number of benzene rings is 1. The van der Waals surface area contributed by atoms with Crippen LogP contribution in [0, 0.1) is 0 Å². The third-order valence-electron chi connectivity index (χ3n) is 1.61. The van der Waals surface area contributed by atoms with E-state index < -0.39 is 6.09 Å². The first-order chi connectivity index (χ1) is 6.25. The molecular formula is C9H11NO2S. The van der Waals surface area contributed by atoms with Crippen LogP contribution in [0.5, 0.6) is 0 Å². The van der Waals surface area contributed by atoms with Crippen molar-refractivity contribution in [2.75, 3.05) is 17.9 Å². The summed E-state index contributed by atoms with van der Waals surface area (Å²) in [7, 11) is 1.65. The van der Waals surface area contributed by atoms with Crippen LogP contribution in [0.25, 0.3) is 0 Å². The van der Waals surface area contributed by atoms with Crippen molar-refractivity contribution in [3.05, 3.63) is 30.3 Å². The van der Waals surface area contributed by atoms with Crippen molar-refractivity contribution in [2.24, 2.45) is 0 Å². The van der Waals surface area contributed by atoms with Gasteiger partial charge in [0.25, 0.3) is 0 Å². The fourth-order valence-corrected chi connectivity index (χ4v) is 1.02. The minimum absolute atomic E-state index is 0.0933. The predicted octanol–water partition coefficient (Wildman–Crippen LogP) is 2.15. The van der Waals surface area contributed by atoms with Gasteiger partial charge in [-0.05, 0) is 12.1 Å². The Bertz CT molecular complexity index is 276. The van der Waals surface area contributed by atoms with Crippen LogP contribution in [0.3, 0.4) is 0 Å². The Morgan fingerprint density at radius 3 is 2.62 bits per heavy atom. The second-order valence-corrected chi connectivity index (χ2v) is 2.69. The van der Waals surface area contributed by atoms with Gasteiger partial charge in [-0.15, -0.1) is 12.6 Å². The van der Waals surface area contributed by atoms with Gasteiger partial charge in [0.1, 0.15) is 5.94 Å². The summed E-state index contributed by atoms with van der Waals surface area (Å²) in [4.78, 5) is 12.6. The summed E-state index contributed by atoms with van der Waals surface area (Å²) in [6.07, 6.45) is -0.402. The fourth-order valence-electron chi connectivity index (χ4n) is 0.909. The van der Waals surface area contributed by atoms with E-state index in [1.807, 2.05) is 30.3 Å². The van der Waals surface area contributed by atoms with Gasteiger partial charge in [0.05, 0.1) is 0 Å². The largest absolute Gasteiger partial charge is 0.438 e. The third kappa shape index (κ3) is 2.66. The highest BCUT2D eigenvalue weighted by molar-refractivity contribution is 7.80. The molecule has 4 heteroatoms. The molecule has 1 aromatic carbocycles. The number of ether oxygens (including phenoxy) is 1. The van der Waals surface area contributed by atoms with Gasteiger partial charge >= 0.3 is 6.09 Å². The van der Waals surface area contributed by atoms with E-state index in [4.69, 9.17) is 4.74 Å². The minimum Gasteiger partial charge on any atom is -0.438 e. The van der Waals surface area contributed by atoms with Crippen molar-refractivity contribution in [1.29, 1.82) is 0 Å². The lowest BCUT2D eigenvalue weighted by Gasteiger charge is -2.15. The molecule has 0 bridgehead atoms. The maximum atomic E-state index is 11.2. The molecule has 0 atom stereocenters. The quantitative estimate of drug-likeness (QED) is 0.581. The molecule has 0 heterocycles. The van der Waals surface area contributed by atoms with Gasteiger partial charge in [0, 0.05) is 12.7 Å². The lowest BCUT2D eigenvalue weighted by atomic mass is 10.3. The molecule has 1 aromatic rings. The molecule has 70 valence electrons. The summed E-state index contributed by atoms with van der Waals surface area (Å²) in [6, 6.07) is 9.28. The smallest absolute Gasteiger partial charge is 0.414 e. The highest BCUT2D eigenvalue weighted by atomic mass is 32.1. The Morgan fingerprint density at radius 1 is 1.46 bits per heavy atom. The second-order valence-electron chi connectivity index (χ2n) is 2.43. The van der Waals surface area contributed by atoms with Crippen LogP contribution in [0.2, 0.25) is 0 Å². The van der Waals surface area contributed by atoms with E-state index in [2.05, 4.69) is 12.6 Å². The number of nitrogens with zero attached hydrogens (tertiary/aromatic N) is 1. The number of thiol groups is 1. The lowest BCUT2D eigenvalue weighted by Crippen LogP contribution is -2.26. The van der Waals surface area contributed by atoms with Gasteiger partial charge in [-0.1, -0.05) is 18.2 Å². The molecule has 1 amide bonds. The zero-order valence-electron chi connectivity index (χ0n) is 7.30. The average Bonchev–Trinajstić information content (AvgIpc) is 2.18. The molecule has 0 aliphatic rings. The van der Waals surface area contributed by atoms with E-state index >= 15 is 0 Å². The zero-order chi connectivity index (χ0) is 9.68. The molecule has 1 rings (SSSR count). The summed E-state index contributed by atoms with van der Waals surface area (Å²) < 4.78 is 4.71. The van der Waals surface area contributed by atoms with E-state index in [0.717, 1.165) is 5.69 Å². The lowest BCUT2D eigenvalue weighted by molar-refractivity contribution is 0.175. The molecule has 0 aliphatic carbocycles. The van der Waals surface area contributed by atoms with E-state index in [1.165, 1.54) is 4.90 Å². The van der Waals surface area contributed by atoms with E-state index in [0.29, 0.717) is 0 Å². The van der Waals surface area contributed by atoms with Gasteiger partial charge in [0.15, 0.2) is 0 Å². The first-order valence-corrected chi connectivity index (χ1v) is 4.45. The number of carbonyl (C=O) groups excluding carboxylic acids is 1. The van der Waals surface area contributed by atoms with Crippen LogP contribution in [0.1, 0.15) is 0 Å². The molecule has 0 spiro atoms. The molecule has 0 saturated heterocycles. The van der Waals surface area contributed by atoms with Crippen molar-refractivity contribution in [1.82, 2.24) is 0 Å². The normalized spacial score (nSPS) is 9.38. The summed E-state index contributed by atoms with van der Waals surface area (Å²) in [5.41, 5.74) is 0.800. The zero-order valence-corrected chi connectivity index (χ0v) is 8.20. The summed E-state index contributed by atoms with van der Waals surface area (Å²) in [5.74, 6) is 0.0933.